The molecule has 0 spiro atoms. The highest BCUT2D eigenvalue weighted by Crippen LogP contribution is 2.14. The number of quaternary nitrogens is 1. The van der Waals surface area contributed by atoms with E-state index in [1.54, 1.807) is 6.07 Å². The number of hydrogen-bond acceptors (Lipinski definition) is 1. The van der Waals surface area contributed by atoms with Crippen molar-refractivity contribution >= 4 is 0 Å². The number of rotatable bonds is 1. The quantitative estimate of drug-likeness (QED) is 0.611. The van der Waals surface area contributed by atoms with Crippen LogP contribution in [-0.4, -0.2) is 31.2 Å². The van der Waals surface area contributed by atoms with E-state index in [2.05, 4.69) is 14.0 Å². The maximum Gasteiger partial charge on any atom is 0.0784 e. The van der Waals surface area contributed by atoms with Crippen LogP contribution >= 0.6 is 0 Å². The molecule has 0 bridgehead atoms. The molecule has 1 aliphatic rings. The van der Waals surface area contributed by atoms with E-state index >= 15 is 0 Å². The van der Waals surface area contributed by atoms with Crippen LogP contribution in [0, 0.1) is 11.3 Å². The van der Waals surface area contributed by atoms with Gasteiger partial charge in [-0.2, -0.15) is 5.26 Å². The van der Waals surface area contributed by atoms with Gasteiger partial charge in [-0.3, -0.25) is 0 Å². The van der Waals surface area contributed by atoms with Crippen molar-refractivity contribution in [2.75, 3.05) is 26.7 Å². The SMILES string of the molecule is CC.CC#N.CC[N+]1(C)CCCCCC1. The van der Waals surface area contributed by atoms with Gasteiger partial charge in [0, 0.05) is 6.92 Å². The topological polar surface area (TPSA) is 23.8 Å². The maximum absolute atomic E-state index is 7.32. The van der Waals surface area contributed by atoms with Crippen molar-refractivity contribution in [1.82, 2.24) is 0 Å². The maximum atomic E-state index is 7.32. The first-order valence-corrected chi connectivity index (χ1v) is 6.33. The molecular weight excluding hydrogens is 184 g/mol. The summed E-state index contributed by atoms with van der Waals surface area (Å²) < 4.78 is 1.32. The summed E-state index contributed by atoms with van der Waals surface area (Å²) in [6, 6.07) is 1.75. The zero-order valence-corrected chi connectivity index (χ0v) is 11.3. The molecule has 0 amide bonds. The van der Waals surface area contributed by atoms with Gasteiger partial charge >= 0.3 is 0 Å². The lowest BCUT2D eigenvalue weighted by Crippen LogP contribution is -2.44. The highest BCUT2D eigenvalue weighted by Gasteiger charge is 2.19. The van der Waals surface area contributed by atoms with Crippen molar-refractivity contribution < 1.29 is 4.48 Å². The molecule has 0 aromatic rings. The van der Waals surface area contributed by atoms with Crippen LogP contribution in [0.1, 0.15) is 53.4 Å². The molecule has 90 valence electrons. The van der Waals surface area contributed by atoms with Crippen LogP contribution in [-0.2, 0) is 0 Å². The molecule has 0 aromatic heterocycles. The number of nitriles is 1. The first-order chi connectivity index (χ1) is 7.18. The van der Waals surface area contributed by atoms with E-state index in [0.29, 0.717) is 0 Å². The normalized spacial score (nSPS) is 18.1. The Hall–Kier alpha value is -0.550. The molecule has 2 nitrogen and oxygen atoms in total. The molecule has 1 fully saturated rings. The lowest BCUT2D eigenvalue weighted by atomic mass is 10.2. The smallest absolute Gasteiger partial charge is 0.0784 e. The van der Waals surface area contributed by atoms with E-state index in [1.807, 2.05) is 13.8 Å². The van der Waals surface area contributed by atoms with Crippen molar-refractivity contribution in [1.29, 1.82) is 5.26 Å². The standard InChI is InChI=1S/C9H20N.C2H3N.C2H6/c1-3-10(2)8-6-4-5-7-9-10;1-2-3;1-2/h3-9H2,1-2H3;1H3;1-2H3/q+1;;. The third-order valence-corrected chi connectivity index (χ3v) is 2.91. The molecule has 1 rings (SSSR count). The van der Waals surface area contributed by atoms with Gasteiger partial charge in [-0.1, -0.05) is 13.8 Å². The second-order valence-corrected chi connectivity index (χ2v) is 4.02. The highest BCUT2D eigenvalue weighted by atomic mass is 15.3. The summed E-state index contributed by atoms with van der Waals surface area (Å²) in [5, 5.41) is 7.32. The summed E-state index contributed by atoms with van der Waals surface area (Å²) in [5.74, 6) is 0. The zero-order valence-electron chi connectivity index (χ0n) is 11.3. The Bertz CT molecular complexity index is 150. The summed E-state index contributed by atoms with van der Waals surface area (Å²) in [4.78, 5) is 0. The predicted molar refractivity (Wildman–Crippen MR) is 67.6 cm³/mol. The lowest BCUT2D eigenvalue weighted by molar-refractivity contribution is -0.907. The van der Waals surface area contributed by atoms with Crippen molar-refractivity contribution in [3.63, 3.8) is 0 Å². The lowest BCUT2D eigenvalue weighted by Gasteiger charge is -2.31. The molecule has 0 radical (unpaired) electrons. The molecule has 1 heterocycles. The number of nitrogens with zero attached hydrogens (tertiary/aromatic N) is 2. The average molecular weight is 213 g/mol. The second kappa shape index (κ2) is 11.5. The van der Waals surface area contributed by atoms with Crippen LogP contribution in [0.5, 0.6) is 0 Å². The van der Waals surface area contributed by atoms with E-state index in [0.717, 1.165) is 0 Å². The molecule has 0 atom stereocenters. The fourth-order valence-corrected chi connectivity index (χ4v) is 1.77. The Kier molecular flexibility index (Phi) is 13.0. The third-order valence-electron chi connectivity index (χ3n) is 2.91. The van der Waals surface area contributed by atoms with Crippen LogP contribution in [0.2, 0.25) is 0 Å². The summed E-state index contributed by atoms with van der Waals surface area (Å²) in [6.45, 7) is 11.9. The van der Waals surface area contributed by atoms with E-state index in [4.69, 9.17) is 5.26 Å². The molecular formula is C13H29N2+. The van der Waals surface area contributed by atoms with Gasteiger partial charge in [-0.15, -0.1) is 0 Å². The Morgan fingerprint density at radius 2 is 1.40 bits per heavy atom. The van der Waals surface area contributed by atoms with Crippen molar-refractivity contribution in [2.24, 2.45) is 0 Å². The van der Waals surface area contributed by atoms with E-state index in [1.165, 1.54) is 56.7 Å². The molecule has 15 heavy (non-hydrogen) atoms. The van der Waals surface area contributed by atoms with Crippen molar-refractivity contribution in [3.05, 3.63) is 0 Å². The number of hydrogen-bond donors (Lipinski definition) is 0. The molecule has 2 heteroatoms. The summed E-state index contributed by atoms with van der Waals surface area (Å²) in [5.41, 5.74) is 0. The summed E-state index contributed by atoms with van der Waals surface area (Å²) in [6.07, 6.45) is 5.83. The van der Waals surface area contributed by atoms with Gasteiger partial charge in [-0.25, -0.2) is 0 Å². The molecule has 1 aliphatic heterocycles. The Balaban J connectivity index is 0. The number of likely N-dealkylation sites (tertiary alicyclic amines) is 1. The average Bonchev–Trinajstić information content (AvgIpc) is 2.48. The first-order valence-electron chi connectivity index (χ1n) is 6.33. The fourth-order valence-electron chi connectivity index (χ4n) is 1.77. The van der Waals surface area contributed by atoms with Gasteiger partial charge in [0.25, 0.3) is 0 Å². The zero-order chi connectivity index (χ0) is 12.2. The first kappa shape index (κ1) is 16.9. The molecule has 0 aliphatic carbocycles. The fraction of sp³-hybridized carbons (Fsp3) is 0.923. The molecule has 0 aromatic carbocycles. The second-order valence-electron chi connectivity index (χ2n) is 4.02. The molecule has 0 N–H and O–H groups in total. The Morgan fingerprint density at radius 1 is 1.07 bits per heavy atom. The van der Waals surface area contributed by atoms with Gasteiger partial charge in [0.15, 0.2) is 0 Å². The third kappa shape index (κ3) is 9.75. The van der Waals surface area contributed by atoms with Crippen LogP contribution in [0.25, 0.3) is 0 Å². The Morgan fingerprint density at radius 3 is 1.67 bits per heavy atom. The van der Waals surface area contributed by atoms with E-state index in [9.17, 15) is 0 Å². The molecule has 1 saturated heterocycles. The van der Waals surface area contributed by atoms with Gasteiger partial charge < -0.3 is 4.48 Å². The van der Waals surface area contributed by atoms with Crippen LogP contribution in [0.15, 0.2) is 0 Å². The van der Waals surface area contributed by atoms with Gasteiger partial charge in [0.1, 0.15) is 0 Å². The molecule has 0 unspecified atom stereocenters. The highest BCUT2D eigenvalue weighted by molar-refractivity contribution is 4.51. The monoisotopic (exact) mass is 213 g/mol. The largest absolute Gasteiger partial charge is 0.326 e. The minimum atomic E-state index is 1.32. The van der Waals surface area contributed by atoms with Gasteiger partial charge in [0.05, 0.1) is 32.8 Å². The Labute approximate surface area is 96.5 Å². The summed E-state index contributed by atoms with van der Waals surface area (Å²) in [7, 11) is 2.39. The van der Waals surface area contributed by atoms with Crippen LogP contribution < -0.4 is 0 Å². The van der Waals surface area contributed by atoms with Crippen LogP contribution in [0.3, 0.4) is 0 Å². The minimum Gasteiger partial charge on any atom is -0.326 e. The summed E-state index contributed by atoms with van der Waals surface area (Å²) >= 11 is 0. The van der Waals surface area contributed by atoms with Gasteiger partial charge in [-0.05, 0) is 32.6 Å². The predicted octanol–water partition coefficient (Wildman–Crippen LogP) is 3.58. The van der Waals surface area contributed by atoms with Crippen molar-refractivity contribution in [2.45, 2.75) is 53.4 Å². The van der Waals surface area contributed by atoms with Crippen molar-refractivity contribution in [3.8, 4) is 6.07 Å². The van der Waals surface area contributed by atoms with E-state index < -0.39 is 0 Å². The minimum absolute atomic E-state index is 1.32. The van der Waals surface area contributed by atoms with Gasteiger partial charge in [0.2, 0.25) is 0 Å². The van der Waals surface area contributed by atoms with E-state index in [-0.39, 0.29) is 0 Å². The van der Waals surface area contributed by atoms with Crippen LogP contribution in [0.4, 0.5) is 0 Å². The molecule has 0 saturated carbocycles.